The molecular formula is C27H25NO5. The third kappa shape index (κ3) is 4.75. The Morgan fingerprint density at radius 1 is 0.939 bits per heavy atom. The fourth-order valence-corrected chi connectivity index (χ4v) is 3.47. The van der Waals surface area contributed by atoms with E-state index in [2.05, 4.69) is 5.32 Å². The summed E-state index contributed by atoms with van der Waals surface area (Å²) in [5.41, 5.74) is 4.54. The van der Waals surface area contributed by atoms with Gasteiger partial charge in [0.2, 0.25) is 11.2 Å². The van der Waals surface area contributed by atoms with Crippen molar-refractivity contribution in [3.05, 3.63) is 87.6 Å². The van der Waals surface area contributed by atoms with Gasteiger partial charge in [-0.3, -0.25) is 9.59 Å². The number of methoxy groups -OCH3 is 1. The summed E-state index contributed by atoms with van der Waals surface area (Å²) in [4.78, 5) is 25.9. The highest BCUT2D eigenvalue weighted by Gasteiger charge is 2.19. The van der Waals surface area contributed by atoms with Crippen molar-refractivity contribution in [2.24, 2.45) is 0 Å². The number of carbonyl (C=O) groups is 1. The monoisotopic (exact) mass is 443 g/mol. The summed E-state index contributed by atoms with van der Waals surface area (Å²) in [5, 5.41) is 3.17. The molecule has 0 bridgehead atoms. The molecule has 6 nitrogen and oxygen atoms in total. The second kappa shape index (κ2) is 9.20. The van der Waals surface area contributed by atoms with Crippen LogP contribution < -0.4 is 20.2 Å². The number of hydrogen-bond donors (Lipinski definition) is 1. The number of ether oxygens (including phenoxy) is 2. The summed E-state index contributed by atoms with van der Waals surface area (Å²) in [6.45, 7) is 5.54. The van der Waals surface area contributed by atoms with Crippen molar-refractivity contribution in [1.82, 2.24) is 0 Å². The lowest BCUT2D eigenvalue weighted by Gasteiger charge is -2.13. The maximum Gasteiger partial charge on any atom is 0.262 e. The lowest BCUT2D eigenvalue weighted by atomic mass is 10.0. The van der Waals surface area contributed by atoms with Gasteiger partial charge in [0.05, 0.1) is 12.5 Å². The Balaban J connectivity index is 1.68. The van der Waals surface area contributed by atoms with Crippen molar-refractivity contribution < 1.29 is 18.7 Å². The summed E-state index contributed by atoms with van der Waals surface area (Å²) in [6, 6.07) is 18.2. The number of nitrogens with one attached hydrogen (secondary N) is 1. The number of aryl methyl sites for hydroxylation is 3. The fraction of sp³-hybridized carbons (Fsp3) is 0.185. The molecule has 4 aromatic rings. The first-order valence-corrected chi connectivity index (χ1v) is 10.6. The Morgan fingerprint density at radius 2 is 1.61 bits per heavy atom. The molecule has 0 fully saturated rings. The van der Waals surface area contributed by atoms with E-state index in [-0.39, 0.29) is 17.8 Å². The van der Waals surface area contributed by atoms with Gasteiger partial charge in [-0.25, -0.2) is 0 Å². The zero-order valence-electron chi connectivity index (χ0n) is 19.0. The predicted octanol–water partition coefficient (Wildman–Crippen LogP) is 5.41. The topological polar surface area (TPSA) is 77.8 Å². The van der Waals surface area contributed by atoms with Crippen molar-refractivity contribution >= 4 is 22.6 Å². The van der Waals surface area contributed by atoms with E-state index in [9.17, 15) is 9.59 Å². The predicted molar refractivity (Wildman–Crippen MR) is 129 cm³/mol. The maximum atomic E-state index is 13.4. The van der Waals surface area contributed by atoms with Crippen LogP contribution in [-0.2, 0) is 4.79 Å². The molecule has 1 N–H and O–H groups in total. The lowest BCUT2D eigenvalue weighted by molar-refractivity contribution is -0.118. The molecular weight excluding hydrogens is 418 g/mol. The lowest BCUT2D eigenvalue weighted by Crippen LogP contribution is -2.22. The molecule has 168 valence electrons. The van der Waals surface area contributed by atoms with E-state index >= 15 is 0 Å². The molecule has 6 heteroatoms. The minimum atomic E-state index is -0.394. The minimum absolute atomic E-state index is 0.0134. The van der Waals surface area contributed by atoms with E-state index in [1.807, 2.05) is 51.1 Å². The number of fused-ring (bicyclic) bond motifs is 1. The number of amides is 1. The van der Waals surface area contributed by atoms with Gasteiger partial charge < -0.3 is 19.2 Å². The molecule has 4 rings (SSSR count). The van der Waals surface area contributed by atoms with Gasteiger partial charge >= 0.3 is 0 Å². The molecule has 0 aliphatic carbocycles. The van der Waals surface area contributed by atoms with E-state index in [1.165, 1.54) is 0 Å². The number of benzene rings is 3. The van der Waals surface area contributed by atoms with Crippen LogP contribution in [0.15, 0.2) is 69.9 Å². The number of hydrogen-bond acceptors (Lipinski definition) is 5. The highest BCUT2D eigenvalue weighted by molar-refractivity contribution is 5.92. The summed E-state index contributed by atoms with van der Waals surface area (Å²) in [5.74, 6) is 0.605. The zero-order chi connectivity index (χ0) is 23.5. The highest BCUT2D eigenvalue weighted by Crippen LogP contribution is 2.32. The molecule has 1 aromatic heterocycles. The standard InChI is InChI=1S/C27H25NO5/c1-16-5-7-19(8-6-16)26-27(25(30)22-13-17(2)18(3)14-23(22)33-26)32-15-24(29)28-20-9-11-21(31-4)12-10-20/h5-14H,15H2,1-4H3,(H,28,29). The Labute approximate surface area is 191 Å². The van der Waals surface area contributed by atoms with Gasteiger partial charge in [-0.05, 0) is 68.3 Å². The van der Waals surface area contributed by atoms with Crippen LogP contribution in [-0.4, -0.2) is 19.6 Å². The van der Waals surface area contributed by atoms with Crippen LogP contribution >= 0.6 is 0 Å². The summed E-state index contributed by atoms with van der Waals surface area (Å²) in [6.07, 6.45) is 0. The van der Waals surface area contributed by atoms with Crippen LogP contribution in [0.1, 0.15) is 16.7 Å². The van der Waals surface area contributed by atoms with Gasteiger partial charge in [-0.2, -0.15) is 0 Å². The Hall–Kier alpha value is -4.06. The summed E-state index contributed by atoms with van der Waals surface area (Å²) >= 11 is 0. The van der Waals surface area contributed by atoms with E-state index < -0.39 is 5.91 Å². The van der Waals surface area contributed by atoms with Crippen LogP contribution in [0.4, 0.5) is 5.69 Å². The Bertz CT molecular complexity index is 1370. The highest BCUT2D eigenvalue weighted by atomic mass is 16.5. The first-order chi connectivity index (χ1) is 15.9. The van der Waals surface area contributed by atoms with Gasteiger partial charge in [0.15, 0.2) is 12.4 Å². The minimum Gasteiger partial charge on any atom is -0.497 e. The molecule has 0 spiro atoms. The first kappa shape index (κ1) is 22.1. The van der Waals surface area contributed by atoms with E-state index in [0.717, 1.165) is 16.7 Å². The van der Waals surface area contributed by atoms with E-state index in [0.29, 0.717) is 33.7 Å². The van der Waals surface area contributed by atoms with Crippen molar-refractivity contribution in [3.8, 4) is 22.8 Å². The third-order valence-corrected chi connectivity index (χ3v) is 5.50. The van der Waals surface area contributed by atoms with E-state index in [4.69, 9.17) is 13.9 Å². The second-order valence-electron chi connectivity index (χ2n) is 7.95. The van der Waals surface area contributed by atoms with Crippen molar-refractivity contribution in [3.63, 3.8) is 0 Å². The molecule has 0 saturated carbocycles. The number of rotatable bonds is 6. The van der Waals surface area contributed by atoms with Gasteiger partial charge in [0, 0.05) is 11.3 Å². The average molecular weight is 443 g/mol. The maximum absolute atomic E-state index is 13.4. The summed E-state index contributed by atoms with van der Waals surface area (Å²) in [7, 11) is 1.57. The van der Waals surface area contributed by atoms with Crippen LogP contribution in [0.25, 0.3) is 22.3 Å². The van der Waals surface area contributed by atoms with Crippen molar-refractivity contribution in [2.75, 3.05) is 19.0 Å². The largest absolute Gasteiger partial charge is 0.497 e. The molecule has 0 aliphatic rings. The van der Waals surface area contributed by atoms with E-state index in [1.54, 1.807) is 37.4 Å². The van der Waals surface area contributed by atoms with Crippen LogP contribution in [0.5, 0.6) is 11.5 Å². The molecule has 0 saturated heterocycles. The van der Waals surface area contributed by atoms with Gasteiger partial charge in [-0.1, -0.05) is 29.8 Å². The Kier molecular flexibility index (Phi) is 6.18. The number of anilines is 1. The Morgan fingerprint density at radius 3 is 2.27 bits per heavy atom. The fourth-order valence-electron chi connectivity index (χ4n) is 3.47. The third-order valence-electron chi connectivity index (χ3n) is 5.50. The SMILES string of the molecule is COc1ccc(NC(=O)COc2c(-c3ccc(C)cc3)oc3cc(C)c(C)cc3c2=O)cc1. The van der Waals surface area contributed by atoms with Crippen LogP contribution in [0.3, 0.4) is 0 Å². The molecule has 1 heterocycles. The second-order valence-corrected chi connectivity index (χ2v) is 7.95. The first-order valence-electron chi connectivity index (χ1n) is 10.6. The van der Waals surface area contributed by atoms with Gasteiger partial charge in [-0.15, -0.1) is 0 Å². The van der Waals surface area contributed by atoms with Crippen molar-refractivity contribution in [1.29, 1.82) is 0 Å². The van der Waals surface area contributed by atoms with Gasteiger partial charge in [0.25, 0.3) is 5.91 Å². The molecule has 3 aromatic carbocycles. The normalized spacial score (nSPS) is 10.8. The smallest absolute Gasteiger partial charge is 0.262 e. The number of carbonyl (C=O) groups excluding carboxylic acids is 1. The molecule has 0 atom stereocenters. The van der Waals surface area contributed by atoms with Crippen LogP contribution in [0, 0.1) is 20.8 Å². The van der Waals surface area contributed by atoms with Crippen molar-refractivity contribution in [2.45, 2.75) is 20.8 Å². The molecule has 33 heavy (non-hydrogen) atoms. The molecule has 1 amide bonds. The average Bonchev–Trinajstić information content (AvgIpc) is 2.81. The van der Waals surface area contributed by atoms with Crippen LogP contribution in [0.2, 0.25) is 0 Å². The molecule has 0 aliphatic heterocycles. The molecule has 0 radical (unpaired) electrons. The molecule has 0 unspecified atom stereocenters. The summed E-state index contributed by atoms with van der Waals surface area (Å²) < 4.78 is 17.0. The van der Waals surface area contributed by atoms with Gasteiger partial charge in [0.1, 0.15) is 11.3 Å². The zero-order valence-corrected chi connectivity index (χ0v) is 19.0. The quantitative estimate of drug-likeness (QED) is 0.431.